The molecule has 0 aromatic rings. The highest BCUT2D eigenvalue weighted by Crippen LogP contribution is 2.15. The molecule has 0 aromatic heterocycles. The van der Waals surface area contributed by atoms with Crippen molar-refractivity contribution in [3.63, 3.8) is 0 Å². The number of hydrogen-bond donors (Lipinski definition) is 7. The van der Waals surface area contributed by atoms with E-state index in [-0.39, 0.29) is 32.0 Å². The van der Waals surface area contributed by atoms with E-state index in [1.807, 2.05) is 11.8 Å². The van der Waals surface area contributed by atoms with Crippen molar-refractivity contribution in [2.75, 3.05) is 39.3 Å². The SMILES string of the molecule is CCNCCCCCN(CC(O)C(C)C(O)CC)CC(O)C(O)C(O)CCO. The van der Waals surface area contributed by atoms with Gasteiger partial charge < -0.3 is 36.0 Å². The van der Waals surface area contributed by atoms with Gasteiger partial charge in [-0.3, -0.25) is 4.90 Å². The van der Waals surface area contributed by atoms with Gasteiger partial charge in [0, 0.05) is 25.6 Å². The molecule has 0 spiro atoms. The lowest BCUT2D eigenvalue weighted by Gasteiger charge is -2.32. The Hall–Kier alpha value is -0.320. The zero-order chi connectivity index (χ0) is 21.5. The lowest BCUT2D eigenvalue weighted by atomic mass is 9.95. The molecule has 0 fully saturated rings. The van der Waals surface area contributed by atoms with Crippen LogP contribution < -0.4 is 5.32 Å². The second-order valence-electron chi connectivity index (χ2n) is 7.71. The minimum atomic E-state index is -1.36. The van der Waals surface area contributed by atoms with Crippen LogP contribution in [0.5, 0.6) is 0 Å². The Kier molecular flexibility index (Phi) is 16.3. The second kappa shape index (κ2) is 16.5. The Labute approximate surface area is 170 Å². The van der Waals surface area contributed by atoms with Gasteiger partial charge in [0.2, 0.25) is 0 Å². The average molecular weight is 409 g/mol. The highest BCUT2D eigenvalue weighted by atomic mass is 16.4. The number of rotatable bonds is 18. The number of nitrogens with one attached hydrogen (secondary N) is 1. The topological polar surface area (TPSA) is 137 Å². The Morgan fingerprint density at radius 2 is 1.46 bits per heavy atom. The fraction of sp³-hybridized carbons (Fsp3) is 1.00. The zero-order valence-corrected chi connectivity index (χ0v) is 17.9. The van der Waals surface area contributed by atoms with E-state index in [0.29, 0.717) is 13.0 Å². The fourth-order valence-electron chi connectivity index (χ4n) is 3.19. The zero-order valence-electron chi connectivity index (χ0n) is 17.9. The van der Waals surface area contributed by atoms with Gasteiger partial charge >= 0.3 is 0 Å². The predicted octanol–water partition coefficient (Wildman–Crippen LogP) is -0.699. The quantitative estimate of drug-likeness (QED) is 0.148. The molecule has 0 saturated heterocycles. The van der Waals surface area contributed by atoms with Gasteiger partial charge in [-0.2, -0.15) is 0 Å². The third-order valence-corrected chi connectivity index (χ3v) is 5.31. The van der Waals surface area contributed by atoms with Crippen LogP contribution in [-0.4, -0.2) is 105 Å². The maximum absolute atomic E-state index is 10.5. The van der Waals surface area contributed by atoms with Gasteiger partial charge in [0.15, 0.2) is 0 Å². The number of nitrogens with zero attached hydrogens (tertiary/aromatic N) is 1. The van der Waals surface area contributed by atoms with Crippen molar-refractivity contribution in [3.05, 3.63) is 0 Å². The van der Waals surface area contributed by atoms with E-state index >= 15 is 0 Å². The van der Waals surface area contributed by atoms with Crippen molar-refractivity contribution in [2.24, 2.45) is 5.92 Å². The molecule has 0 amide bonds. The molecule has 0 aliphatic carbocycles. The summed E-state index contributed by atoms with van der Waals surface area (Å²) in [5.74, 6) is -0.303. The van der Waals surface area contributed by atoms with Crippen LogP contribution in [-0.2, 0) is 0 Å². The van der Waals surface area contributed by atoms with Gasteiger partial charge in [0.25, 0.3) is 0 Å². The van der Waals surface area contributed by atoms with Crippen LogP contribution in [0.1, 0.15) is 52.9 Å². The summed E-state index contributed by atoms with van der Waals surface area (Å²) in [7, 11) is 0. The minimum absolute atomic E-state index is 0.00892. The van der Waals surface area contributed by atoms with E-state index in [2.05, 4.69) is 12.2 Å². The number of hydrogen-bond acceptors (Lipinski definition) is 8. The lowest BCUT2D eigenvalue weighted by molar-refractivity contribution is -0.0796. The van der Waals surface area contributed by atoms with Gasteiger partial charge in [-0.1, -0.05) is 27.2 Å². The summed E-state index contributed by atoms with van der Waals surface area (Å²) >= 11 is 0. The monoisotopic (exact) mass is 408 g/mol. The Morgan fingerprint density at radius 3 is 2.04 bits per heavy atom. The fourth-order valence-corrected chi connectivity index (χ4v) is 3.19. The van der Waals surface area contributed by atoms with Crippen molar-refractivity contribution in [2.45, 2.75) is 83.4 Å². The molecule has 6 atom stereocenters. The summed E-state index contributed by atoms with van der Waals surface area (Å²) < 4.78 is 0. The van der Waals surface area contributed by atoms with Crippen molar-refractivity contribution in [1.29, 1.82) is 0 Å². The third-order valence-electron chi connectivity index (χ3n) is 5.31. The van der Waals surface area contributed by atoms with Crippen molar-refractivity contribution >= 4 is 0 Å². The molecule has 0 aliphatic rings. The number of aliphatic hydroxyl groups is 6. The highest BCUT2D eigenvalue weighted by molar-refractivity contribution is 4.81. The van der Waals surface area contributed by atoms with Crippen LogP contribution in [0, 0.1) is 5.92 Å². The standard InChI is InChI=1S/C20H44N2O6/c1-4-16(24)15(3)18(26)13-22(11-8-6-7-10-21-5-2)14-19(27)20(28)17(25)9-12-23/h15-21,23-28H,4-14H2,1-3H3. The molecule has 0 bridgehead atoms. The Morgan fingerprint density at radius 1 is 0.821 bits per heavy atom. The summed E-state index contributed by atoms with van der Waals surface area (Å²) in [6, 6.07) is 0. The molecule has 6 unspecified atom stereocenters. The molecular formula is C20H44N2O6. The minimum Gasteiger partial charge on any atom is -0.396 e. The summed E-state index contributed by atoms with van der Waals surface area (Å²) in [5, 5.41) is 62.7. The summed E-state index contributed by atoms with van der Waals surface area (Å²) in [4.78, 5) is 1.87. The molecule has 28 heavy (non-hydrogen) atoms. The molecule has 8 nitrogen and oxygen atoms in total. The van der Waals surface area contributed by atoms with Crippen molar-refractivity contribution in [3.8, 4) is 0 Å². The second-order valence-corrected chi connectivity index (χ2v) is 7.71. The van der Waals surface area contributed by atoms with Gasteiger partial charge in [-0.05, 0) is 45.3 Å². The highest BCUT2D eigenvalue weighted by Gasteiger charge is 2.28. The Balaban J connectivity index is 4.73. The van der Waals surface area contributed by atoms with Crippen LogP contribution in [0.2, 0.25) is 0 Å². The van der Waals surface area contributed by atoms with Gasteiger partial charge in [-0.25, -0.2) is 0 Å². The largest absolute Gasteiger partial charge is 0.396 e. The van der Waals surface area contributed by atoms with Crippen LogP contribution in [0.25, 0.3) is 0 Å². The molecule has 8 heteroatoms. The van der Waals surface area contributed by atoms with E-state index in [0.717, 1.165) is 32.4 Å². The van der Waals surface area contributed by atoms with Crippen LogP contribution in [0.15, 0.2) is 0 Å². The summed E-state index contributed by atoms with van der Waals surface area (Å²) in [6.07, 6.45) is -1.66. The molecule has 0 aromatic carbocycles. The first-order valence-corrected chi connectivity index (χ1v) is 10.7. The van der Waals surface area contributed by atoms with E-state index in [4.69, 9.17) is 5.11 Å². The number of unbranched alkanes of at least 4 members (excludes halogenated alkanes) is 2. The third kappa shape index (κ3) is 11.6. The molecule has 0 radical (unpaired) electrons. The van der Waals surface area contributed by atoms with Crippen LogP contribution in [0.4, 0.5) is 0 Å². The first-order valence-electron chi connectivity index (χ1n) is 10.7. The van der Waals surface area contributed by atoms with Crippen molar-refractivity contribution in [1.82, 2.24) is 10.2 Å². The molecule has 0 aliphatic heterocycles. The molecule has 7 N–H and O–H groups in total. The van der Waals surface area contributed by atoms with Gasteiger partial charge in [0.1, 0.15) is 6.10 Å². The molecule has 0 rings (SSSR count). The van der Waals surface area contributed by atoms with Crippen LogP contribution in [0.3, 0.4) is 0 Å². The average Bonchev–Trinajstić information content (AvgIpc) is 2.68. The number of aliphatic hydroxyl groups excluding tert-OH is 6. The molecule has 170 valence electrons. The molecular weight excluding hydrogens is 364 g/mol. The van der Waals surface area contributed by atoms with E-state index in [1.54, 1.807) is 6.92 Å². The van der Waals surface area contributed by atoms with Gasteiger partial charge in [-0.15, -0.1) is 0 Å². The maximum atomic E-state index is 10.5. The van der Waals surface area contributed by atoms with Gasteiger partial charge in [0.05, 0.1) is 24.4 Å². The Bertz CT molecular complexity index is 364. The van der Waals surface area contributed by atoms with Crippen LogP contribution >= 0.6 is 0 Å². The smallest absolute Gasteiger partial charge is 0.107 e. The summed E-state index contributed by atoms with van der Waals surface area (Å²) in [6.45, 7) is 8.34. The maximum Gasteiger partial charge on any atom is 0.107 e. The molecule has 0 saturated carbocycles. The summed E-state index contributed by atoms with van der Waals surface area (Å²) in [5.41, 5.74) is 0. The first-order chi connectivity index (χ1) is 13.3. The normalized spacial score (nSPS) is 18.6. The van der Waals surface area contributed by atoms with E-state index < -0.39 is 30.5 Å². The van der Waals surface area contributed by atoms with E-state index in [9.17, 15) is 25.5 Å². The lowest BCUT2D eigenvalue weighted by Crippen LogP contribution is -2.48. The molecule has 0 heterocycles. The predicted molar refractivity (Wildman–Crippen MR) is 110 cm³/mol. The van der Waals surface area contributed by atoms with E-state index in [1.165, 1.54) is 0 Å². The van der Waals surface area contributed by atoms with Crippen molar-refractivity contribution < 1.29 is 30.6 Å². The first kappa shape index (κ1) is 27.7.